The van der Waals surface area contributed by atoms with Crippen LogP contribution < -0.4 is 4.74 Å². The molecule has 1 saturated carbocycles. The van der Waals surface area contributed by atoms with E-state index in [1.54, 1.807) is 22.7 Å². The Balaban J connectivity index is 1.72. The van der Waals surface area contributed by atoms with Crippen molar-refractivity contribution in [2.75, 3.05) is 7.11 Å². The average molecular weight is 347 g/mol. The third kappa shape index (κ3) is 2.63. The number of nitrogens with zero attached hydrogens (tertiary/aromatic N) is 3. The van der Waals surface area contributed by atoms with Crippen molar-refractivity contribution >= 4 is 5.65 Å². The van der Waals surface area contributed by atoms with E-state index in [2.05, 4.69) is 10.2 Å². The normalized spacial score (nSPS) is 18.5. The Labute approximate surface area is 142 Å². The van der Waals surface area contributed by atoms with Crippen LogP contribution in [0.1, 0.15) is 17.8 Å². The summed E-state index contributed by atoms with van der Waals surface area (Å²) < 4.78 is 46.9. The zero-order chi connectivity index (χ0) is 17.8. The lowest BCUT2D eigenvalue weighted by Gasteiger charge is -2.10. The molecule has 7 heteroatoms. The summed E-state index contributed by atoms with van der Waals surface area (Å²) in [7, 11) is 1.41. The lowest BCUT2D eigenvalue weighted by atomic mass is 10.0. The minimum atomic E-state index is -2.58. The maximum absolute atomic E-state index is 14.0. The summed E-state index contributed by atoms with van der Waals surface area (Å²) >= 11 is 0. The highest BCUT2D eigenvalue weighted by Gasteiger charge is 2.56. The van der Waals surface area contributed by atoms with Crippen LogP contribution >= 0.6 is 0 Å². The maximum atomic E-state index is 14.0. The first kappa shape index (κ1) is 15.9. The van der Waals surface area contributed by atoms with Crippen LogP contribution in [0.5, 0.6) is 5.75 Å². The van der Waals surface area contributed by atoms with Gasteiger partial charge in [0.25, 0.3) is 5.92 Å². The molecule has 2 aromatic heterocycles. The number of pyridine rings is 1. The molecule has 0 bridgehead atoms. The van der Waals surface area contributed by atoms with Crippen LogP contribution in [0.3, 0.4) is 0 Å². The van der Waals surface area contributed by atoms with Gasteiger partial charge in [0.15, 0.2) is 17.2 Å². The first-order chi connectivity index (χ1) is 11.9. The van der Waals surface area contributed by atoms with Crippen molar-refractivity contribution in [3.05, 3.63) is 47.7 Å². The third-order valence-corrected chi connectivity index (χ3v) is 4.74. The smallest absolute Gasteiger partial charge is 0.252 e. The third-order valence-electron chi connectivity index (χ3n) is 4.74. The minimum Gasteiger partial charge on any atom is -0.494 e. The molecule has 0 N–H and O–H groups in total. The van der Waals surface area contributed by atoms with Crippen molar-refractivity contribution < 1.29 is 17.9 Å². The number of methoxy groups -OCH3 is 1. The fraction of sp³-hybridized carbons (Fsp3) is 0.333. The summed E-state index contributed by atoms with van der Waals surface area (Å²) in [4.78, 5) is 0. The van der Waals surface area contributed by atoms with E-state index in [9.17, 15) is 13.2 Å². The van der Waals surface area contributed by atoms with E-state index in [1.165, 1.54) is 13.2 Å². The van der Waals surface area contributed by atoms with Gasteiger partial charge in [-0.2, -0.15) is 0 Å². The molecular formula is C18H16F3N3O. The number of fused-ring (bicyclic) bond motifs is 1. The van der Waals surface area contributed by atoms with Crippen LogP contribution in [0.25, 0.3) is 16.8 Å². The largest absolute Gasteiger partial charge is 0.494 e. The number of alkyl halides is 2. The summed E-state index contributed by atoms with van der Waals surface area (Å²) in [5.41, 5.74) is 2.90. The zero-order valence-corrected chi connectivity index (χ0v) is 13.8. The number of aryl methyl sites for hydroxylation is 1. The molecule has 1 aliphatic rings. The van der Waals surface area contributed by atoms with Gasteiger partial charge in [-0.3, -0.25) is 4.40 Å². The Morgan fingerprint density at radius 3 is 2.68 bits per heavy atom. The molecule has 3 aromatic rings. The second-order valence-electron chi connectivity index (χ2n) is 6.38. The average Bonchev–Trinajstić information content (AvgIpc) is 2.98. The molecule has 2 heterocycles. The SMILES string of the molecule is COc1ccc(-c2ccn3c(CC4CC4(F)F)nnc3c2C)cc1F. The Hall–Kier alpha value is -2.57. The summed E-state index contributed by atoms with van der Waals surface area (Å²) in [6.45, 7) is 1.86. The van der Waals surface area contributed by atoms with Gasteiger partial charge in [0, 0.05) is 30.5 Å². The molecule has 1 unspecified atom stereocenters. The van der Waals surface area contributed by atoms with E-state index < -0.39 is 17.7 Å². The number of hydrogen-bond donors (Lipinski definition) is 0. The van der Waals surface area contributed by atoms with Gasteiger partial charge in [-0.25, -0.2) is 13.2 Å². The van der Waals surface area contributed by atoms with Crippen molar-refractivity contribution in [2.24, 2.45) is 5.92 Å². The minimum absolute atomic E-state index is 0.0932. The molecule has 0 aliphatic heterocycles. The summed E-state index contributed by atoms with van der Waals surface area (Å²) in [5, 5.41) is 8.21. The summed E-state index contributed by atoms with van der Waals surface area (Å²) in [6, 6.07) is 6.56. The van der Waals surface area contributed by atoms with Crippen molar-refractivity contribution in [3.63, 3.8) is 0 Å². The highest BCUT2D eigenvalue weighted by atomic mass is 19.3. The molecule has 0 radical (unpaired) electrons. The number of ether oxygens (including phenoxy) is 1. The van der Waals surface area contributed by atoms with E-state index in [4.69, 9.17) is 4.74 Å². The lowest BCUT2D eigenvalue weighted by Crippen LogP contribution is -2.02. The van der Waals surface area contributed by atoms with E-state index in [1.807, 2.05) is 13.0 Å². The van der Waals surface area contributed by atoms with Gasteiger partial charge in [-0.15, -0.1) is 10.2 Å². The van der Waals surface area contributed by atoms with E-state index in [0.717, 1.165) is 11.1 Å². The van der Waals surface area contributed by atoms with Crippen LogP contribution in [0.15, 0.2) is 30.5 Å². The molecule has 25 heavy (non-hydrogen) atoms. The molecular weight excluding hydrogens is 331 g/mol. The van der Waals surface area contributed by atoms with Gasteiger partial charge in [-0.05, 0) is 36.2 Å². The van der Waals surface area contributed by atoms with Gasteiger partial charge < -0.3 is 4.74 Å². The highest BCUT2D eigenvalue weighted by Crippen LogP contribution is 2.50. The Bertz CT molecular complexity index is 968. The molecule has 130 valence electrons. The predicted octanol–water partition coefficient (Wildman–Crippen LogP) is 4.05. The molecule has 1 aromatic carbocycles. The monoisotopic (exact) mass is 347 g/mol. The number of benzene rings is 1. The number of aromatic nitrogens is 3. The fourth-order valence-electron chi connectivity index (χ4n) is 3.13. The first-order valence-electron chi connectivity index (χ1n) is 7.95. The second kappa shape index (κ2) is 5.47. The second-order valence-corrected chi connectivity index (χ2v) is 6.38. The standard InChI is InChI=1S/C18H16F3N3O/c1-10-13(11-3-4-15(25-2)14(19)7-11)5-6-24-16(22-23-17(10)24)8-12-9-18(12,20)21/h3-7,12H,8-9H2,1-2H3. The maximum Gasteiger partial charge on any atom is 0.252 e. The zero-order valence-electron chi connectivity index (χ0n) is 13.8. The molecule has 1 fully saturated rings. The van der Waals surface area contributed by atoms with Crippen molar-refractivity contribution in [3.8, 4) is 16.9 Å². The lowest BCUT2D eigenvalue weighted by molar-refractivity contribution is 0.0984. The molecule has 0 spiro atoms. The molecule has 1 atom stereocenters. The Kier molecular flexibility index (Phi) is 3.49. The van der Waals surface area contributed by atoms with Gasteiger partial charge in [0.05, 0.1) is 7.11 Å². The number of hydrogen-bond acceptors (Lipinski definition) is 3. The van der Waals surface area contributed by atoms with E-state index >= 15 is 0 Å². The topological polar surface area (TPSA) is 39.4 Å². The number of rotatable bonds is 4. The number of halogens is 3. The van der Waals surface area contributed by atoms with Gasteiger partial charge in [0.2, 0.25) is 0 Å². The van der Waals surface area contributed by atoms with Crippen molar-refractivity contribution in [1.29, 1.82) is 0 Å². The van der Waals surface area contributed by atoms with Gasteiger partial charge >= 0.3 is 0 Å². The highest BCUT2D eigenvalue weighted by molar-refractivity contribution is 5.73. The van der Waals surface area contributed by atoms with Gasteiger partial charge in [0.1, 0.15) is 5.82 Å². The molecule has 1 aliphatic carbocycles. The van der Waals surface area contributed by atoms with Crippen LogP contribution in [-0.4, -0.2) is 27.6 Å². The summed E-state index contributed by atoms with van der Waals surface area (Å²) in [6.07, 6.45) is 1.85. The Morgan fingerprint density at radius 2 is 2.04 bits per heavy atom. The molecule has 4 nitrogen and oxygen atoms in total. The quantitative estimate of drug-likeness (QED) is 0.715. The van der Waals surface area contributed by atoms with Crippen molar-refractivity contribution in [1.82, 2.24) is 14.6 Å². The van der Waals surface area contributed by atoms with Crippen LogP contribution in [-0.2, 0) is 6.42 Å². The molecule has 0 amide bonds. The summed E-state index contributed by atoms with van der Waals surface area (Å²) in [5.74, 6) is -2.99. The van der Waals surface area contributed by atoms with Gasteiger partial charge in [-0.1, -0.05) is 6.07 Å². The first-order valence-corrected chi connectivity index (χ1v) is 7.95. The fourth-order valence-corrected chi connectivity index (χ4v) is 3.13. The molecule has 0 saturated heterocycles. The molecule has 4 rings (SSSR count). The van der Waals surface area contributed by atoms with Crippen molar-refractivity contribution in [2.45, 2.75) is 25.7 Å². The van der Waals surface area contributed by atoms with Crippen LogP contribution in [0, 0.1) is 18.7 Å². The Morgan fingerprint density at radius 1 is 1.28 bits per heavy atom. The van der Waals surface area contributed by atoms with Crippen LogP contribution in [0.4, 0.5) is 13.2 Å². The van der Waals surface area contributed by atoms with Crippen LogP contribution in [0.2, 0.25) is 0 Å². The van der Waals surface area contributed by atoms with E-state index in [0.29, 0.717) is 17.0 Å². The van der Waals surface area contributed by atoms with E-state index in [-0.39, 0.29) is 18.6 Å². The predicted molar refractivity (Wildman–Crippen MR) is 86.4 cm³/mol.